The van der Waals surface area contributed by atoms with Gasteiger partial charge in [-0.05, 0) is 37.3 Å². The van der Waals surface area contributed by atoms with E-state index < -0.39 is 5.82 Å². The third-order valence-corrected chi connectivity index (χ3v) is 2.83. The molecule has 0 saturated carbocycles. The van der Waals surface area contributed by atoms with Gasteiger partial charge in [-0.3, -0.25) is 0 Å². The van der Waals surface area contributed by atoms with Crippen molar-refractivity contribution in [2.75, 3.05) is 5.32 Å². The number of nitriles is 1. The molecule has 92 valence electrons. The normalized spacial score (nSPS) is 10.1. The van der Waals surface area contributed by atoms with Gasteiger partial charge in [0.1, 0.15) is 11.9 Å². The van der Waals surface area contributed by atoms with Crippen molar-refractivity contribution >= 4 is 5.69 Å². The minimum atomic E-state index is -0.394. The van der Waals surface area contributed by atoms with Crippen molar-refractivity contribution in [2.45, 2.75) is 20.0 Å². The molecule has 2 rings (SSSR count). The molecule has 0 aliphatic heterocycles. The first-order chi connectivity index (χ1) is 8.74. The highest BCUT2D eigenvalue weighted by atomic mass is 19.1. The Morgan fingerprint density at radius 3 is 2.94 bits per heavy atom. The van der Waals surface area contributed by atoms with E-state index in [0.29, 0.717) is 17.8 Å². The van der Waals surface area contributed by atoms with Crippen LogP contribution >= 0.6 is 0 Å². The van der Waals surface area contributed by atoms with Gasteiger partial charge in [0.2, 0.25) is 0 Å². The van der Waals surface area contributed by atoms with E-state index in [4.69, 9.17) is 5.26 Å². The van der Waals surface area contributed by atoms with Crippen LogP contribution in [0.2, 0.25) is 0 Å². The van der Waals surface area contributed by atoms with E-state index in [9.17, 15) is 4.39 Å². The molecule has 1 aromatic heterocycles. The van der Waals surface area contributed by atoms with Crippen LogP contribution in [0.3, 0.4) is 0 Å². The largest absolute Gasteiger partial charge is 0.378 e. The number of aryl methyl sites for hydroxylation is 1. The summed E-state index contributed by atoms with van der Waals surface area (Å²) in [6.45, 7) is 3.59. The lowest BCUT2D eigenvalue weighted by molar-refractivity contribution is 0.627. The smallest absolute Gasteiger partial charge is 0.124 e. The van der Waals surface area contributed by atoms with Crippen LogP contribution in [-0.2, 0) is 13.1 Å². The molecule has 4 heteroatoms. The van der Waals surface area contributed by atoms with Crippen LogP contribution in [0.4, 0.5) is 10.1 Å². The minimum absolute atomic E-state index is 0.324. The molecule has 1 N–H and O–H groups in total. The van der Waals surface area contributed by atoms with Crippen molar-refractivity contribution in [1.82, 2.24) is 4.57 Å². The van der Waals surface area contributed by atoms with E-state index in [1.165, 1.54) is 12.1 Å². The van der Waals surface area contributed by atoms with Gasteiger partial charge in [-0.2, -0.15) is 5.26 Å². The molecule has 0 unspecified atom stereocenters. The second-order valence-electron chi connectivity index (χ2n) is 3.94. The zero-order chi connectivity index (χ0) is 13.0. The van der Waals surface area contributed by atoms with Crippen molar-refractivity contribution in [3.8, 4) is 6.07 Å². The minimum Gasteiger partial charge on any atom is -0.378 e. The van der Waals surface area contributed by atoms with Crippen LogP contribution in [0, 0.1) is 17.1 Å². The Kier molecular flexibility index (Phi) is 3.63. The summed E-state index contributed by atoms with van der Waals surface area (Å²) in [5, 5.41) is 12.1. The van der Waals surface area contributed by atoms with E-state index in [2.05, 4.69) is 16.8 Å². The lowest BCUT2D eigenvalue weighted by Gasteiger charge is -2.10. The van der Waals surface area contributed by atoms with E-state index in [-0.39, 0.29) is 0 Å². The van der Waals surface area contributed by atoms with Gasteiger partial charge in [-0.1, -0.05) is 0 Å². The van der Waals surface area contributed by atoms with Crippen LogP contribution in [0.25, 0.3) is 0 Å². The topological polar surface area (TPSA) is 40.8 Å². The Labute approximate surface area is 105 Å². The molecule has 1 heterocycles. The van der Waals surface area contributed by atoms with Crippen molar-refractivity contribution < 1.29 is 4.39 Å². The highest BCUT2D eigenvalue weighted by Gasteiger charge is 2.04. The number of nitrogens with one attached hydrogen (secondary N) is 1. The lowest BCUT2D eigenvalue weighted by Crippen LogP contribution is -2.07. The molecule has 0 amide bonds. The van der Waals surface area contributed by atoms with Gasteiger partial charge in [-0.15, -0.1) is 0 Å². The number of hydrogen-bond acceptors (Lipinski definition) is 2. The zero-order valence-electron chi connectivity index (χ0n) is 10.2. The average molecular weight is 243 g/mol. The molecule has 0 radical (unpaired) electrons. The molecule has 0 saturated heterocycles. The van der Waals surface area contributed by atoms with E-state index in [1.54, 1.807) is 6.07 Å². The van der Waals surface area contributed by atoms with Gasteiger partial charge in [-0.25, -0.2) is 4.39 Å². The third-order valence-electron chi connectivity index (χ3n) is 2.83. The maximum atomic E-state index is 13.0. The molecule has 0 atom stereocenters. The van der Waals surface area contributed by atoms with Crippen molar-refractivity contribution in [3.05, 3.63) is 53.6 Å². The molecule has 3 nitrogen and oxygen atoms in total. The van der Waals surface area contributed by atoms with Crippen molar-refractivity contribution in [2.24, 2.45) is 0 Å². The molecule has 2 aromatic rings. The SMILES string of the molecule is CCn1cccc1CNc1ccc(F)cc1C#N. The van der Waals surface area contributed by atoms with Crippen LogP contribution in [-0.4, -0.2) is 4.57 Å². The third kappa shape index (κ3) is 2.51. The molecule has 0 spiro atoms. The molecule has 1 aromatic carbocycles. The van der Waals surface area contributed by atoms with Gasteiger partial charge in [0.15, 0.2) is 0 Å². The first-order valence-corrected chi connectivity index (χ1v) is 5.82. The van der Waals surface area contributed by atoms with Crippen molar-refractivity contribution in [3.63, 3.8) is 0 Å². The van der Waals surface area contributed by atoms with Gasteiger partial charge < -0.3 is 9.88 Å². The first-order valence-electron chi connectivity index (χ1n) is 5.82. The Morgan fingerprint density at radius 1 is 1.39 bits per heavy atom. The maximum absolute atomic E-state index is 13.0. The Morgan fingerprint density at radius 2 is 2.22 bits per heavy atom. The number of rotatable bonds is 4. The number of aromatic nitrogens is 1. The van der Waals surface area contributed by atoms with Crippen LogP contribution in [0.15, 0.2) is 36.5 Å². The standard InChI is InChI=1S/C14H14FN3/c1-2-18-7-3-4-13(18)10-17-14-6-5-12(15)8-11(14)9-16/h3-8,17H,2,10H2,1H3. The quantitative estimate of drug-likeness (QED) is 0.896. The van der Waals surface area contributed by atoms with Crippen molar-refractivity contribution in [1.29, 1.82) is 5.26 Å². The molecule has 0 aliphatic carbocycles. The number of halogens is 1. The zero-order valence-corrected chi connectivity index (χ0v) is 10.2. The maximum Gasteiger partial charge on any atom is 0.124 e. The van der Waals surface area contributed by atoms with Gasteiger partial charge in [0.25, 0.3) is 0 Å². The number of hydrogen-bond donors (Lipinski definition) is 1. The van der Waals surface area contributed by atoms with Crippen LogP contribution in [0.5, 0.6) is 0 Å². The second-order valence-corrected chi connectivity index (χ2v) is 3.94. The average Bonchev–Trinajstić information content (AvgIpc) is 2.84. The van der Waals surface area contributed by atoms with Gasteiger partial charge in [0.05, 0.1) is 17.8 Å². The summed E-state index contributed by atoms with van der Waals surface area (Å²) in [6.07, 6.45) is 2.01. The summed E-state index contributed by atoms with van der Waals surface area (Å²) in [7, 11) is 0. The summed E-state index contributed by atoms with van der Waals surface area (Å²) in [5.74, 6) is -0.394. The fourth-order valence-corrected chi connectivity index (χ4v) is 1.87. The molecule has 0 fully saturated rings. The predicted octanol–water partition coefficient (Wildman–Crippen LogP) is 3.13. The monoisotopic (exact) mass is 243 g/mol. The van der Waals surface area contributed by atoms with E-state index in [1.807, 2.05) is 24.4 Å². The number of nitrogens with zero attached hydrogens (tertiary/aromatic N) is 2. The number of benzene rings is 1. The van der Waals surface area contributed by atoms with E-state index >= 15 is 0 Å². The molecule has 18 heavy (non-hydrogen) atoms. The fourth-order valence-electron chi connectivity index (χ4n) is 1.87. The Bertz CT molecular complexity index is 581. The lowest BCUT2D eigenvalue weighted by atomic mass is 10.2. The predicted molar refractivity (Wildman–Crippen MR) is 68.5 cm³/mol. The summed E-state index contributed by atoms with van der Waals surface area (Å²) >= 11 is 0. The van der Waals surface area contributed by atoms with Gasteiger partial charge >= 0.3 is 0 Å². The fraction of sp³-hybridized carbons (Fsp3) is 0.214. The summed E-state index contributed by atoms with van der Waals surface area (Å²) in [4.78, 5) is 0. The summed E-state index contributed by atoms with van der Waals surface area (Å²) < 4.78 is 15.1. The summed E-state index contributed by atoms with van der Waals surface area (Å²) in [5.41, 5.74) is 2.11. The summed E-state index contributed by atoms with van der Waals surface area (Å²) in [6, 6.07) is 10.2. The van der Waals surface area contributed by atoms with E-state index in [0.717, 1.165) is 12.2 Å². The second kappa shape index (κ2) is 5.37. The molecular formula is C14H14FN3. The Hall–Kier alpha value is -2.28. The highest BCUT2D eigenvalue weighted by Crippen LogP contribution is 2.17. The Balaban J connectivity index is 2.14. The first kappa shape index (κ1) is 12.2. The van der Waals surface area contributed by atoms with Crippen LogP contribution in [0.1, 0.15) is 18.2 Å². The molecular weight excluding hydrogens is 229 g/mol. The molecule has 0 aliphatic rings. The molecule has 0 bridgehead atoms. The highest BCUT2D eigenvalue weighted by molar-refractivity contribution is 5.57. The van der Waals surface area contributed by atoms with Gasteiger partial charge in [0, 0.05) is 18.4 Å². The van der Waals surface area contributed by atoms with Crippen LogP contribution < -0.4 is 5.32 Å². The number of anilines is 1.